The quantitative estimate of drug-likeness (QED) is 0.556. The molecule has 0 atom stereocenters. The molecular formula is C13H19F3N2O2S. The summed E-state index contributed by atoms with van der Waals surface area (Å²) < 4.78 is 45.7. The van der Waals surface area contributed by atoms with Gasteiger partial charge in [-0.3, -0.25) is 0 Å². The second-order valence-corrected chi connectivity index (χ2v) is 6.16. The highest BCUT2D eigenvalue weighted by atomic mass is 32.2. The summed E-state index contributed by atoms with van der Waals surface area (Å²) in [5.74, 6) is 1.67. The van der Waals surface area contributed by atoms with E-state index in [0.717, 1.165) is 12.8 Å². The van der Waals surface area contributed by atoms with Crippen molar-refractivity contribution >= 4 is 11.8 Å². The standard InChI is InChI=1S/C13H19F3N2O2S/c14-13(15,16)9-19-7-4-8-21-12-18-17-11(20-12)10-5-2-1-3-6-10/h10H,1-9H2. The van der Waals surface area contributed by atoms with E-state index in [1.807, 2.05) is 0 Å². The average Bonchev–Trinajstić information content (AvgIpc) is 2.91. The molecule has 8 heteroatoms. The normalized spacial score (nSPS) is 17.3. The van der Waals surface area contributed by atoms with E-state index in [1.165, 1.54) is 31.0 Å². The fraction of sp³-hybridized carbons (Fsp3) is 0.846. The van der Waals surface area contributed by atoms with Crippen LogP contribution in [0.4, 0.5) is 13.2 Å². The molecule has 4 nitrogen and oxygen atoms in total. The van der Waals surface area contributed by atoms with Crippen LogP contribution in [-0.2, 0) is 4.74 Å². The number of ether oxygens (including phenoxy) is 1. The summed E-state index contributed by atoms with van der Waals surface area (Å²) in [5, 5.41) is 8.54. The molecule has 1 aliphatic rings. The third-order valence-electron chi connectivity index (χ3n) is 3.30. The maximum Gasteiger partial charge on any atom is 0.411 e. The summed E-state index contributed by atoms with van der Waals surface area (Å²) >= 11 is 1.36. The van der Waals surface area contributed by atoms with Gasteiger partial charge < -0.3 is 9.15 Å². The van der Waals surface area contributed by atoms with E-state index < -0.39 is 12.8 Å². The van der Waals surface area contributed by atoms with Crippen molar-refractivity contribution < 1.29 is 22.3 Å². The third-order valence-corrected chi connectivity index (χ3v) is 4.21. The second kappa shape index (κ2) is 8.03. The fourth-order valence-electron chi connectivity index (χ4n) is 2.30. The van der Waals surface area contributed by atoms with E-state index in [4.69, 9.17) is 4.42 Å². The number of rotatable bonds is 7. The summed E-state index contributed by atoms with van der Waals surface area (Å²) in [7, 11) is 0. The predicted molar refractivity (Wildman–Crippen MR) is 72.3 cm³/mol. The van der Waals surface area contributed by atoms with Gasteiger partial charge in [0.2, 0.25) is 5.89 Å². The summed E-state index contributed by atoms with van der Waals surface area (Å²) in [5.41, 5.74) is 0. The molecule has 0 unspecified atom stereocenters. The molecule has 0 radical (unpaired) electrons. The monoisotopic (exact) mass is 324 g/mol. The molecule has 0 bridgehead atoms. The predicted octanol–water partition coefficient (Wildman–Crippen LogP) is 4.18. The highest BCUT2D eigenvalue weighted by molar-refractivity contribution is 7.99. The summed E-state index contributed by atoms with van der Waals surface area (Å²) in [6.07, 6.45) is 2.12. The molecule has 1 aromatic rings. The molecule has 21 heavy (non-hydrogen) atoms. The number of alkyl halides is 3. The van der Waals surface area contributed by atoms with Crippen molar-refractivity contribution in [2.24, 2.45) is 0 Å². The van der Waals surface area contributed by atoms with Crippen molar-refractivity contribution in [3.8, 4) is 0 Å². The van der Waals surface area contributed by atoms with Gasteiger partial charge in [0, 0.05) is 18.3 Å². The molecule has 0 N–H and O–H groups in total. The highest BCUT2D eigenvalue weighted by Gasteiger charge is 2.27. The van der Waals surface area contributed by atoms with Gasteiger partial charge in [-0.1, -0.05) is 31.0 Å². The van der Waals surface area contributed by atoms with E-state index in [9.17, 15) is 13.2 Å². The minimum atomic E-state index is -4.26. The Hall–Kier alpha value is -0.760. The van der Waals surface area contributed by atoms with Gasteiger partial charge in [0.1, 0.15) is 6.61 Å². The van der Waals surface area contributed by atoms with Crippen LogP contribution in [0.2, 0.25) is 0 Å². The van der Waals surface area contributed by atoms with Gasteiger partial charge in [-0.2, -0.15) is 13.2 Å². The van der Waals surface area contributed by atoms with Crippen LogP contribution >= 0.6 is 11.8 Å². The molecule has 1 aromatic heterocycles. The van der Waals surface area contributed by atoms with Gasteiger partial charge >= 0.3 is 6.18 Å². The van der Waals surface area contributed by atoms with Gasteiger partial charge in [-0.25, -0.2) is 0 Å². The lowest BCUT2D eigenvalue weighted by Crippen LogP contribution is -2.17. The van der Waals surface area contributed by atoms with Crippen molar-refractivity contribution in [2.45, 2.75) is 55.8 Å². The number of hydrogen-bond acceptors (Lipinski definition) is 5. The number of hydrogen-bond donors (Lipinski definition) is 0. The van der Waals surface area contributed by atoms with Crippen LogP contribution < -0.4 is 0 Å². The van der Waals surface area contributed by atoms with Crippen molar-refractivity contribution in [1.29, 1.82) is 0 Å². The molecule has 1 saturated carbocycles. The zero-order valence-corrected chi connectivity index (χ0v) is 12.5. The Labute approximate surface area is 125 Å². The number of thioether (sulfide) groups is 1. The Bertz CT molecular complexity index is 420. The van der Waals surface area contributed by atoms with Crippen LogP contribution in [0.5, 0.6) is 0 Å². The van der Waals surface area contributed by atoms with Crippen molar-refractivity contribution in [2.75, 3.05) is 19.0 Å². The largest absolute Gasteiger partial charge is 0.416 e. The molecule has 2 rings (SSSR count). The van der Waals surface area contributed by atoms with Crippen molar-refractivity contribution in [3.63, 3.8) is 0 Å². The number of aromatic nitrogens is 2. The van der Waals surface area contributed by atoms with Crippen LogP contribution in [0.3, 0.4) is 0 Å². The number of halogens is 3. The minimum absolute atomic E-state index is 0.0795. The number of nitrogens with zero attached hydrogens (tertiary/aromatic N) is 2. The molecule has 1 fully saturated rings. The lowest BCUT2D eigenvalue weighted by molar-refractivity contribution is -0.173. The van der Waals surface area contributed by atoms with E-state index in [-0.39, 0.29) is 6.61 Å². The molecule has 0 saturated heterocycles. The van der Waals surface area contributed by atoms with E-state index in [1.54, 1.807) is 0 Å². The Morgan fingerprint density at radius 3 is 2.67 bits per heavy atom. The summed E-state index contributed by atoms with van der Waals surface area (Å²) in [6.45, 7) is -1.11. The fourth-order valence-corrected chi connectivity index (χ4v) is 2.98. The first-order valence-corrected chi connectivity index (χ1v) is 8.14. The first-order chi connectivity index (χ1) is 10.0. The van der Waals surface area contributed by atoms with Gasteiger partial charge in [0.25, 0.3) is 5.22 Å². The molecule has 1 aliphatic carbocycles. The summed E-state index contributed by atoms with van der Waals surface area (Å²) in [6, 6.07) is 0. The zero-order chi connectivity index (χ0) is 15.1. The van der Waals surface area contributed by atoms with Gasteiger partial charge in [0.05, 0.1) is 0 Å². The second-order valence-electron chi connectivity index (χ2n) is 5.11. The van der Waals surface area contributed by atoms with Crippen LogP contribution in [0, 0.1) is 0 Å². The SMILES string of the molecule is FC(F)(F)COCCCSc1nnc(C2CCCCC2)o1. The van der Waals surface area contributed by atoms with E-state index in [2.05, 4.69) is 14.9 Å². The maximum atomic E-state index is 11.8. The first kappa shape index (κ1) is 16.6. The Morgan fingerprint density at radius 1 is 1.19 bits per heavy atom. The Kier molecular flexibility index (Phi) is 6.35. The van der Waals surface area contributed by atoms with Crippen molar-refractivity contribution in [3.05, 3.63) is 5.89 Å². The minimum Gasteiger partial charge on any atom is -0.416 e. The molecule has 1 heterocycles. The van der Waals surface area contributed by atoms with Gasteiger partial charge in [-0.15, -0.1) is 10.2 Å². The Balaban J connectivity index is 1.62. The maximum absolute atomic E-state index is 11.8. The average molecular weight is 324 g/mol. The lowest BCUT2D eigenvalue weighted by Gasteiger charge is -2.17. The van der Waals surface area contributed by atoms with Crippen LogP contribution in [0.15, 0.2) is 9.64 Å². The highest BCUT2D eigenvalue weighted by Crippen LogP contribution is 2.32. The zero-order valence-electron chi connectivity index (χ0n) is 11.7. The molecule has 0 spiro atoms. The molecule has 120 valence electrons. The smallest absolute Gasteiger partial charge is 0.411 e. The topological polar surface area (TPSA) is 48.2 Å². The molecule has 0 aromatic carbocycles. The first-order valence-electron chi connectivity index (χ1n) is 7.15. The van der Waals surface area contributed by atoms with Gasteiger partial charge in [-0.05, 0) is 19.3 Å². The van der Waals surface area contributed by atoms with Crippen molar-refractivity contribution in [1.82, 2.24) is 10.2 Å². The van der Waals surface area contributed by atoms with Gasteiger partial charge in [0.15, 0.2) is 0 Å². The van der Waals surface area contributed by atoms with E-state index >= 15 is 0 Å². The third kappa shape index (κ3) is 6.25. The Morgan fingerprint density at radius 2 is 1.95 bits per heavy atom. The molecule has 0 amide bonds. The molecule has 0 aliphatic heterocycles. The van der Waals surface area contributed by atoms with Crippen LogP contribution in [0.1, 0.15) is 50.3 Å². The van der Waals surface area contributed by atoms with Crippen LogP contribution in [0.25, 0.3) is 0 Å². The lowest BCUT2D eigenvalue weighted by atomic mass is 9.89. The van der Waals surface area contributed by atoms with E-state index in [0.29, 0.717) is 29.2 Å². The molecular weight excluding hydrogens is 305 g/mol. The van der Waals surface area contributed by atoms with Crippen LogP contribution in [-0.4, -0.2) is 35.3 Å². The summed E-state index contributed by atoms with van der Waals surface area (Å²) in [4.78, 5) is 0.